The van der Waals surface area contributed by atoms with Crippen molar-refractivity contribution >= 4 is 5.78 Å². The molecule has 1 saturated heterocycles. The molecule has 0 bridgehead atoms. The lowest BCUT2D eigenvalue weighted by atomic mass is 10.0. The van der Waals surface area contributed by atoms with Crippen LogP contribution in [-0.2, 0) is 0 Å². The normalized spacial score (nSPS) is 20.3. The molecule has 0 spiro atoms. The van der Waals surface area contributed by atoms with E-state index in [1.807, 2.05) is 0 Å². The second-order valence-electron chi connectivity index (χ2n) is 5.60. The second-order valence-corrected chi connectivity index (χ2v) is 5.60. The molecule has 4 nitrogen and oxygen atoms in total. The van der Waals surface area contributed by atoms with Crippen molar-refractivity contribution in [3.05, 3.63) is 29.8 Å². The third-order valence-corrected chi connectivity index (χ3v) is 3.88. The summed E-state index contributed by atoms with van der Waals surface area (Å²) >= 11 is 0. The van der Waals surface area contributed by atoms with Crippen LogP contribution in [-0.4, -0.2) is 60.3 Å². The SMILES string of the molecule is CN(C)C1CCCN(CCC(=O)c2ccc(F)cn2)C1. The Morgan fingerprint density at radius 2 is 2.30 bits per heavy atom. The summed E-state index contributed by atoms with van der Waals surface area (Å²) in [7, 11) is 4.20. The molecule has 0 N–H and O–H groups in total. The van der Waals surface area contributed by atoms with E-state index in [4.69, 9.17) is 0 Å². The third-order valence-electron chi connectivity index (χ3n) is 3.88. The summed E-state index contributed by atoms with van der Waals surface area (Å²) < 4.78 is 12.8. The largest absolute Gasteiger partial charge is 0.305 e. The number of aromatic nitrogens is 1. The summed E-state index contributed by atoms with van der Waals surface area (Å²) in [6, 6.07) is 3.31. The molecule has 1 unspecified atom stereocenters. The Balaban J connectivity index is 1.82. The standard InChI is InChI=1S/C15H22FN3O/c1-18(2)13-4-3-8-19(11-13)9-7-15(20)14-6-5-12(16)10-17-14/h5-6,10,13H,3-4,7-9,11H2,1-2H3. The van der Waals surface area contributed by atoms with Gasteiger partial charge in [-0.2, -0.15) is 0 Å². The number of likely N-dealkylation sites (tertiary alicyclic amines) is 1. The summed E-state index contributed by atoms with van der Waals surface area (Å²) in [5, 5.41) is 0. The molecule has 1 atom stereocenters. The van der Waals surface area contributed by atoms with Crippen molar-refractivity contribution in [1.82, 2.24) is 14.8 Å². The van der Waals surface area contributed by atoms with E-state index < -0.39 is 5.82 Å². The molecule has 0 radical (unpaired) electrons. The highest BCUT2D eigenvalue weighted by Gasteiger charge is 2.21. The van der Waals surface area contributed by atoms with Crippen LogP contribution in [0.15, 0.2) is 18.3 Å². The molecule has 5 heteroatoms. The van der Waals surface area contributed by atoms with Crippen LogP contribution in [0.5, 0.6) is 0 Å². The third kappa shape index (κ3) is 4.08. The smallest absolute Gasteiger partial charge is 0.182 e. The van der Waals surface area contributed by atoms with Crippen LogP contribution in [0.2, 0.25) is 0 Å². The Morgan fingerprint density at radius 1 is 1.50 bits per heavy atom. The molecule has 2 heterocycles. The number of likely N-dealkylation sites (N-methyl/N-ethyl adjacent to an activating group) is 1. The van der Waals surface area contributed by atoms with Gasteiger partial charge in [0.05, 0.1) is 6.20 Å². The summed E-state index contributed by atoms with van der Waals surface area (Å²) in [6.07, 6.45) is 3.93. The van der Waals surface area contributed by atoms with Gasteiger partial charge in [-0.3, -0.25) is 9.78 Å². The van der Waals surface area contributed by atoms with E-state index in [0.29, 0.717) is 18.2 Å². The number of pyridine rings is 1. The molecule has 1 aromatic rings. The minimum Gasteiger partial charge on any atom is -0.305 e. The van der Waals surface area contributed by atoms with Gasteiger partial charge in [0.2, 0.25) is 0 Å². The Hall–Kier alpha value is -1.33. The Kier molecular flexibility index (Phi) is 5.20. The van der Waals surface area contributed by atoms with Gasteiger partial charge in [0.1, 0.15) is 11.5 Å². The van der Waals surface area contributed by atoms with Gasteiger partial charge >= 0.3 is 0 Å². The van der Waals surface area contributed by atoms with Crippen LogP contribution in [0.1, 0.15) is 29.8 Å². The number of Topliss-reactive ketones (excluding diaryl/α,β-unsaturated/α-hetero) is 1. The van der Waals surface area contributed by atoms with Gasteiger partial charge in [0.25, 0.3) is 0 Å². The lowest BCUT2D eigenvalue weighted by molar-refractivity contribution is 0.0923. The average Bonchev–Trinajstić information content (AvgIpc) is 2.46. The minimum absolute atomic E-state index is 0.0167. The van der Waals surface area contributed by atoms with Crippen LogP contribution in [0.4, 0.5) is 4.39 Å². The van der Waals surface area contributed by atoms with E-state index in [1.54, 1.807) is 0 Å². The van der Waals surface area contributed by atoms with Crippen molar-refractivity contribution in [2.24, 2.45) is 0 Å². The number of piperidine rings is 1. The van der Waals surface area contributed by atoms with E-state index in [1.165, 1.54) is 25.0 Å². The van der Waals surface area contributed by atoms with Crippen LogP contribution in [0.3, 0.4) is 0 Å². The first-order valence-electron chi connectivity index (χ1n) is 7.10. The first-order chi connectivity index (χ1) is 9.56. The van der Waals surface area contributed by atoms with Crippen LogP contribution < -0.4 is 0 Å². The van der Waals surface area contributed by atoms with Gasteiger partial charge in [-0.05, 0) is 45.6 Å². The zero-order valence-electron chi connectivity index (χ0n) is 12.2. The van der Waals surface area contributed by atoms with E-state index in [-0.39, 0.29) is 5.78 Å². The van der Waals surface area contributed by atoms with Gasteiger partial charge in [0.15, 0.2) is 5.78 Å². The molecule has 2 rings (SSSR count). The number of hydrogen-bond donors (Lipinski definition) is 0. The number of rotatable bonds is 5. The van der Waals surface area contributed by atoms with Crippen molar-refractivity contribution in [3.63, 3.8) is 0 Å². The second kappa shape index (κ2) is 6.90. The van der Waals surface area contributed by atoms with Gasteiger partial charge < -0.3 is 9.80 Å². The molecule has 0 amide bonds. The zero-order chi connectivity index (χ0) is 14.5. The van der Waals surface area contributed by atoms with E-state index >= 15 is 0 Å². The predicted molar refractivity (Wildman–Crippen MR) is 76.3 cm³/mol. The first kappa shape index (κ1) is 15.1. The number of carbonyl (C=O) groups excluding carboxylic acids is 1. The zero-order valence-corrected chi connectivity index (χ0v) is 12.2. The molecule has 110 valence electrons. The first-order valence-corrected chi connectivity index (χ1v) is 7.10. The quantitative estimate of drug-likeness (QED) is 0.770. The summed E-state index contributed by atoms with van der Waals surface area (Å²) in [5.74, 6) is -0.427. The monoisotopic (exact) mass is 279 g/mol. The minimum atomic E-state index is -0.411. The highest BCUT2D eigenvalue weighted by Crippen LogP contribution is 2.14. The Bertz CT molecular complexity index is 447. The fourth-order valence-electron chi connectivity index (χ4n) is 2.58. The lowest BCUT2D eigenvalue weighted by Gasteiger charge is -2.36. The molecule has 1 aliphatic heterocycles. The molecule has 1 aliphatic rings. The molecule has 1 aromatic heterocycles. The molecular weight excluding hydrogens is 257 g/mol. The molecule has 20 heavy (non-hydrogen) atoms. The summed E-state index contributed by atoms with van der Waals surface area (Å²) in [5.41, 5.74) is 0.354. The molecule has 0 aliphatic carbocycles. The number of halogens is 1. The Morgan fingerprint density at radius 3 is 2.95 bits per heavy atom. The van der Waals surface area contributed by atoms with Crippen molar-refractivity contribution in [2.75, 3.05) is 33.7 Å². The van der Waals surface area contributed by atoms with Gasteiger partial charge in [-0.15, -0.1) is 0 Å². The number of nitrogens with zero attached hydrogens (tertiary/aromatic N) is 3. The highest BCUT2D eigenvalue weighted by molar-refractivity contribution is 5.94. The number of carbonyl (C=O) groups is 1. The highest BCUT2D eigenvalue weighted by atomic mass is 19.1. The molecule has 1 fully saturated rings. The topological polar surface area (TPSA) is 36.4 Å². The lowest BCUT2D eigenvalue weighted by Crippen LogP contribution is -2.45. The summed E-state index contributed by atoms with van der Waals surface area (Å²) in [4.78, 5) is 20.4. The van der Waals surface area contributed by atoms with Crippen molar-refractivity contribution in [2.45, 2.75) is 25.3 Å². The number of hydrogen-bond acceptors (Lipinski definition) is 4. The Labute approximate surface area is 119 Å². The maximum absolute atomic E-state index is 12.8. The molecule has 0 aromatic carbocycles. The van der Waals surface area contributed by atoms with Gasteiger partial charge in [-0.25, -0.2) is 4.39 Å². The van der Waals surface area contributed by atoms with Crippen molar-refractivity contribution < 1.29 is 9.18 Å². The summed E-state index contributed by atoms with van der Waals surface area (Å²) in [6.45, 7) is 2.81. The van der Waals surface area contributed by atoms with Crippen LogP contribution in [0, 0.1) is 5.82 Å². The van der Waals surface area contributed by atoms with E-state index in [0.717, 1.165) is 25.8 Å². The molecular formula is C15H22FN3O. The number of ketones is 1. The van der Waals surface area contributed by atoms with E-state index in [9.17, 15) is 9.18 Å². The van der Waals surface area contributed by atoms with Crippen LogP contribution in [0.25, 0.3) is 0 Å². The van der Waals surface area contributed by atoms with Crippen LogP contribution >= 0.6 is 0 Å². The van der Waals surface area contributed by atoms with Gasteiger partial charge in [0, 0.05) is 25.6 Å². The van der Waals surface area contributed by atoms with Gasteiger partial charge in [-0.1, -0.05) is 0 Å². The maximum Gasteiger partial charge on any atom is 0.182 e. The van der Waals surface area contributed by atoms with E-state index in [2.05, 4.69) is 28.9 Å². The molecule has 0 saturated carbocycles. The fraction of sp³-hybridized carbons (Fsp3) is 0.600. The van der Waals surface area contributed by atoms with Crippen molar-refractivity contribution in [1.29, 1.82) is 0 Å². The van der Waals surface area contributed by atoms with Crippen molar-refractivity contribution in [3.8, 4) is 0 Å². The maximum atomic E-state index is 12.8. The fourth-order valence-corrected chi connectivity index (χ4v) is 2.58. The average molecular weight is 279 g/mol. The predicted octanol–water partition coefficient (Wildman–Crippen LogP) is 1.82.